The summed E-state index contributed by atoms with van der Waals surface area (Å²) < 4.78 is 13.0. The van der Waals surface area contributed by atoms with Gasteiger partial charge in [-0.1, -0.05) is 18.2 Å². The normalized spacial score (nSPS) is 11.1. The summed E-state index contributed by atoms with van der Waals surface area (Å²) in [5, 5.41) is 0.396. The van der Waals surface area contributed by atoms with E-state index in [1.807, 2.05) is 49.6 Å². The van der Waals surface area contributed by atoms with Gasteiger partial charge in [0.2, 0.25) is 0 Å². The molecule has 0 spiro atoms. The van der Waals surface area contributed by atoms with Crippen molar-refractivity contribution in [2.24, 2.45) is 0 Å². The quantitative estimate of drug-likeness (QED) is 0.211. The number of nitrogens with zero attached hydrogens (tertiary/aromatic N) is 2. The number of hydrogen-bond donors (Lipinski definition) is 0. The number of thioether (sulfide) groups is 1. The molecule has 0 bridgehead atoms. The van der Waals surface area contributed by atoms with Crippen LogP contribution in [0.5, 0.6) is 5.75 Å². The second kappa shape index (κ2) is 11.8. The summed E-state index contributed by atoms with van der Waals surface area (Å²) in [6.07, 6.45) is 1.97. The molecule has 0 radical (unpaired) electrons. The van der Waals surface area contributed by atoms with E-state index in [0.717, 1.165) is 31.0 Å². The van der Waals surface area contributed by atoms with Crippen LogP contribution in [0.4, 0.5) is 0 Å². The first kappa shape index (κ1) is 27.4. The fraction of sp³-hybridized carbons (Fsp3) is 0.286. The van der Waals surface area contributed by atoms with Crippen LogP contribution in [0.15, 0.2) is 63.0 Å². The average Bonchev–Trinajstić information content (AvgIpc) is 3.25. The van der Waals surface area contributed by atoms with Crippen LogP contribution in [-0.4, -0.2) is 40.4 Å². The molecule has 0 fully saturated rings. The molecule has 0 saturated carbocycles. The van der Waals surface area contributed by atoms with Crippen molar-refractivity contribution in [1.82, 2.24) is 9.13 Å². The largest absolute Gasteiger partial charge is 0.486 e. The molecular weight excluding hydrogens is 524 g/mol. The van der Waals surface area contributed by atoms with Gasteiger partial charge in [-0.25, -0.2) is 9.36 Å². The number of carbonyl (C=O) groups is 2. The number of Topliss-reactive ketones (excluding diaryl/α,β-unsaturated/α-hetero) is 1. The van der Waals surface area contributed by atoms with Crippen molar-refractivity contribution in [3.8, 4) is 16.2 Å². The Morgan fingerprint density at radius 1 is 1.03 bits per heavy atom. The lowest BCUT2D eigenvalue weighted by Gasteiger charge is -2.13. The van der Waals surface area contributed by atoms with Crippen LogP contribution in [0.25, 0.3) is 20.7 Å². The average molecular weight is 553 g/mol. The SMILES string of the molecule is CCOC(=O)Cn1c(=O)c2c(C)c(-c3ccc(OCC(C)=O)cc3)sc2n(Cc2ccccc2SC)c1=O. The Morgan fingerprint density at radius 3 is 2.39 bits per heavy atom. The summed E-state index contributed by atoms with van der Waals surface area (Å²) in [5.74, 6) is -0.156. The highest BCUT2D eigenvalue weighted by Crippen LogP contribution is 2.37. The zero-order valence-corrected chi connectivity index (χ0v) is 23.2. The van der Waals surface area contributed by atoms with Crippen molar-refractivity contribution in [3.05, 3.63) is 80.5 Å². The molecule has 10 heteroatoms. The summed E-state index contributed by atoms with van der Waals surface area (Å²) in [6.45, 7) is 4.90. The van der Waals surface area contributed by atoms with Gasteiger partial charge in [0, 0.05) is 9.77 Å². The summed E-state index contributed by atoms with van der Waals surface area (Å²) in [7, 11) is 0. The monoisotopic (exact) mass is 552 g/mol. The predicted molar refractivity (Wildman–Crippen MR) is 151 cm³/mol. The smallest absolute Gasteiger partial charge is 0.332 e. The highest BCUT2D eigenvalue weighted by molar-refractivity contribution is 7.98. The van der Waals surface area contributed by atoms with Gasteiger partial charge in [-0.05, 0) is 74.0 Å². The maximum Gasteiger partial charge on any atom is 0.332 e. The zero-order chi connectivity index (χ0) is 27.4. The molecule has 0 saturated heterocycles. The molecule has 0 atom stereocenters. The van der Waals surface area contributed by atoms with Gasteiger partial charge in [-0.3, -0.25) is 19.0 Å². The maximum absolute atomic E-state index is 13.7. The fourth-order valence-corrected chi connectivity index (χ4v) is 6.08. The number of aromatic nitrogens is 2. The Bertz CT molecular complexity index is 1620. The van der Waals surface area contributed by atoms with Crippen LogP contribution < -0.4 is 16.0 Å². The topological polar surface area (TPSA) is 96.6 Å². The Kier molecular flexibility index (Phi) is 8.53. The van der Waals surface area contributed by atoms with Crippen molar-refractivity contribution in [2.75, 3.05) is 19.5 Å². The van der Waals surface area contributed by atoms with Crippen LogP contribution in [0.2, 0.25) is 0 Å². The minimum Gasteiger partial charge on any atom is -0.486 e. The summed E-state index contributed by atoms with van der Waals surface area (Å²) in [6, 6.07) is 15.0. The van der Waals surface area contributed by atoms with E-state index < -0.39 is 23.8 Å². The van der Waals surface area contributed by atoms with Gasteiger partial charge < -0.3 is 9.47 Å². The lowest BCUT2D eigenvalue weighted by Crippen LogP contribution is -2.42. The number of esters is 1. The van der Waals surface area contributed by atoms with Gasteiger partial charge in [-0.2, -0.15) is 0 Å². The minimum atomic E-state index is -0.642. The van der Waals surface area contributed by atoms with E-state index in [1.54, 1.807) is 35.4 Å². The summed E-state index contributed by atoms with van der Waals surface area (Å²) in [5.41, 5.74) is 1.42. The molecule has 38 heavy (non-hydrogen) atoms. The molecule has 2 aromatic carbocycles. The highest BCUT2D eigenvalue weighted by atomic mass is 32.2. The molecule has 0 aliphatic heterocycles. The Balaban J connectivity index is 1.90. The lowest BCUT2D eigenvalue weighted by molar-refractivity contribution is -0.144. The van der Waals surface area contributed by atoms with Crippen molar-refractivity contribution >= 4 is 45.1 Å². The third kappa shape index (κ3) is 5.61. The molecule has 8 nitrogen and oxygen atoms in total. The molecule has 0 unspecified atom stereocenters. The number of benzene rings is 2. The van der Waals surface area contributed by atoms with E-state index in [4.69, 9.17) is 9.47 Å². The Labute approximate surface area is 227 Å². The number of aryl methyl sites for hydroxylation is 1. The van der Waals surface area contributed by atoms with Crippen LogP contribution in [0.3, 0.4) is 0 Å². The van der Waals surface area contributed by atoms with Crippen molar-refractivity contribution in [3.63, 3.8) is 0 Å². The Morgan fingerprint density at radius 2 is 1.74 bits per heavy atom. The van der Waals surface area contributed by atoms with Crippen molar-refractivity contribution in [2.45, 2.75) is 38.8 Å². The number of rotatable bonds is 10. The van der Waals surface area contributed by atoms with Crippen LogP contribution in [0, 0.1) is 6.92 Å². The molecule has 4 rings (SSSR count). The molecule has 198 valence electrons. The molecule has 4 aromatic rings. The first-order valence-corrected chi connectivity index (χ1v) is 14.1. The molecule has 0 aliphatic carbocycles. The zero-order valence-electron chi connectivity index (χ0n) is 21.6. The molecule has 0 aliphatic rings. The second-order valence-electron chi connectivity index (χ2n) is 8.63. The minimum absolute atomic E-state index is 0.00886. The summed E-state index contributed by atoms with van der Waals surface area (Å²) >= 11 is 2.93. The number of ether oxygens (including phenoxy) is 2. The third-order valence-corrected chi connectivity index (χ3v) is 8.17. The van der Waals surface area contributed by atoms with Crippen LogP contribution >= 0.6 is 23.1 Å². The highest BCUT2D eigenvalue weighted by Gasteiger charge is 2.23. The van der Waals surface area contributed by atoms with E-state index in [0.29, 0.717) is 16.0 Å². The van der Waals surface area contributed by atoms with Gasteiger partial charge in [0.25, 0.3) is 5.56 Å². The molecule has 2 heterocycles. The second-order valence-corrected chi connectivity index (χ2v) is 10.5. The number of ketones is 1. The maximum atomic E-state index is 13.7. The van der Waals surface area contributed by atoms with E-state index in [2.05, 4.69) is 0 Å². The molecule has 2 aromatic heterocycles. The van der Waals surface area contributed by atoms with Gasteiger partial charge in [-0.15, -0.1) is 23.1 Å². The number of hydrogen-bond acceptors (Lipinski definition) is 8. The number of thiophene rings is 1. The van der Waals surface area contributed by atoms with Gasteiger partial charge in [0.1, 0.15) is 23.7 Å². The predicted octanol–water partition coefficient (Wildman–Crippen LogP) is 4.50. The number of carbonyl (C=O) groups excluding carboxylic acids is 2. The standard InChI is InChI=1S/C28H28N2O6S2/c1-5-35-23(32)15-29-26(33)24-18(3)25(19-10-12-21(13-11-19)36-16-17(2)31)38-27(24)30(28(29)34)14-20-8-6-7-9-22(20)37-4/h6-13H,5,14-16H2,1-4H3. The summed E-state index contributed by atoms with van der Waals surface area (Å²) in [4.78, 5) is 53.1. The van der Waals surface area contributed by atoms with Gasteiger partial charge in [0.05, 0.1) is 18.5 Å². The van der Waals surface area contributed by atoms with E-state index in [1.165, 1.54) is 18.3 Å². The molecular formula is C28H28N2O6S2. The first-order valence-electron chi connectivity index (χ1n) is 12.0. The first-order chi connectivity index (χ1) is 18.2. The van der Waals surface area contributed by atoms with Gasteiger partial charge >= 0.3 is 11.7 Å². The molecule has 0 amide bonds. The lowest BCUT2D eigenvalue weighted by atomic mass is 10.1. The van der Waals surface area contributed by atoms with E-state index in [9.17, 15) is 19.2 Å². The van der Waals surface area contributed by atoms with E-state index in [-0.39, 0.29) is 25.5 Å². The van der Waals surface area contributed by atoms with Crippen LogP contribution in [-0.2, 0) is 27.4 Å². The van der Waals surface area contributed by atoms with Gasteiger partial charge in [0.15, 0.2) is 5.78 Å². The van der Waals surface area contributed by atoms with E-state index >= 15 is 0 Å². The van der Waals surface area contributed by atoms with Crippen molar-refractivity contribution in [1.29, 1.82) is 0 Å². The fourth-order valence-electron chi connectivity index (χ4n) is 4.18. The Hall–Kier alpha value is -3.63. The van der Waals surface area contributed by atoms with Crippen LogP contribution in [0.1, 0.15) is 25.0 Å². The molecule has 0 N–H and O–H groups in total. The third-order valence-electron chi connectivity index (χ3n) is 5.97. The number of fused-ring (bicyclic) bond motifs is 1. The van der Waals surface area contributed by atoms with Crippen molar-refractivity contribution < 1.29 is 19.1 Å².